The Balaban J connectivity index is 1.13. The lowest BCUT2D eigenvalue weighted by atomic mass is 9.98. The van der Waals surface area contributed by atoms with Gasteiger partial charge in [-0.05, 0) is 46.5 Å². The maximum Gasteiger partial charge on any atom is 0.407 e. The number of para-hydroxylation sites is 2. The fourth-order valence-corrected chi connectivity index (χ4v) is 4.41. The van der Waals surface area contributed by atoms with Crippen molar-refractivity contribution in [3.05, 3.63) is 120 Å². The number of rotatable bonds is 6. The minimum Gasteiger partial charge on any atom is -0.449 e. The van der Waals surface area contributed by atoms with Gasteiger partial charge in [-0.2, -0.15) is 0 Å². The van der Waals surface area contributed by atoms with Gasteiger partial charge in [-0.3, -0.25) is 0 Å². The quantitative estimate of drug-likeness (QED) is 0.249. The summed E-state index contributed by atoms with van der Waals surface area (Å²) >= 11 is 0. The molecule has 1 amide bonds. The van der Waals surface area contributed by atoms with Crippen LogP contribution in [0.5, 0.6) is 0 Å². The zero-order chi connectivity index (χ0) is 23.9. The number of carbonyl (C=O) groups excluding carboxylic acids is 1. The lowest BCUT2D eigenvalue weighted by Gasteiger charge is -2.14. The van der Waals surface area contributed by atoms with Crippen LogP contribution in [-0.4, -0.2) is 19.2 Å². The van der Waals surface area contributed by atoms with Crippen molar-refractivity contribution in [3.8, 4) is 23.0 Å². The van der Waals surface area contributed by atoms with Crippen LogP contribution >= 0.6 is 0 Å². The van der Waals surface area contributed by atoms with Gasteiger partial charge in [-0.15, -0.1) is 0 Å². The van der Waals surface area contributed by atoms with E-state index in [0.717, 1.165) is 16.9 Å². The Morgan fingerprint density at radius 1 is 0.771 bits per heavy atom. The van der Waals surface area contributed by atoms with Crippen LogP contribution in [0.4, 0.5) is 16.2 Å². The molecule has 0 aliphatic heterocycles. The molecule has 0 spiro atoms. The smallest absolute Gasteiger partial charge is 0.407 e. The second kappa shape index (κ2) is 10.6. The van der Waals surface area contributed by atoms with Crippen LogP contribution in [0.15, 0.2) is 103 Å². The molecule has 4 nitrogen and oxygen atoms in total. The summed E-state index contributed by atoms with van der Waals surface area (Å²) in [5.74, 6) is 6.40. The van der Waals surface area contributed by atoms with Crippen LogP contribution in [0.2, 0.25) is 0 Å². The lowest BCUT2D eigenvalue weighted by molar-refractivity contribution is 0.143. The van der Waals surface area contributed by atoms with Crippen molar-refractivity contribution in [2.45, 2.75) is 12.3 Å². The maximum absolute atomic E-state index is 12.3. The molecular formula is C31H26N2O2. The summed E-state index contributed by atoms with van der Waals surface area (Å²) in [6, 6.07) is 34.6. The third-order valence-electron chi connectivity index (χ3n) is 6.07. The van der Waals surface area contributed by atoms with E-state index in [4.69, 9.17) is 4.74 Å². The van der Waals surface area contributed by atoms with Crippen LogP contribution < -0.4 is 10.6 Å². The highest BCUT2D eigenvalue weighted by Crippen LogP contribution is 2.44. The molecule has 0 atom stereocenters. The molecule has 2 N–H and O–H groups in total. The summed E-state index contributed by atoms with van der Waals surface area (Å²) in [6.45, 7) is 0.738. The zero-order valence-electron chi connectivity index (χ0n) is 19.3. The average Bonchev–Trinajstić information content (AvgIpc) is 3.22. The lowest BCUT2D eigenvalue weighted by Crippen LogP contribution is -2.26. The third kappa shape index (κ3) is 5.20. The Bertz CT molecular complexity index is 1340. The number of anilines is 2. The number of alkyl carbamates (subject to hydrolysis) is 1. The van der Waals surface area contributed by atoms with Gasteiger partial charge in [0, 0.05) is 30.1 Å². The van der Waals surface area contributed by atoms with Crippen molar-refractivity contribution < 1.29 is 9.53 Å². The van der Waals surface area contributed by atoms with E-state index >= 15 is 0 Å². The Morgan fingerprint density at radius 3 is 2.14 bits per heavy atom. The van der Waals surface area contributed by atoms with Crippen LogP contribution in [0.3, 0.4) is 0 Å². The highest BCUT2D eigenvalue weighted by atomic mass is 16.5. The van der Waals surface area contributed by atoms with Crippen LogP contribution in [0, 0.1) is 11.8 Å². The van der Waals surface area contributed by atoms with E-state index in [2.05, 4.69) is 46.7 Å². The highest BCUT2D eigenvalue weighted by Gasteiger charge is 2.28. The van der Waals surface area contributed by atoms with E-state index < -0.39 is 6.09 Å². The van der Waals surface area contributed by atoms with Gasteiger partial charge < -0.3 is 15.4 Å². The van der Waals surface area contributed by atoms with Crippen molar-refractivity contribution in [1.29, 1.82) is 0 Å². The van der Waals surface area contributed by atoms with Gasteiger partial charge in [-0.1, -0.05) is 90.7 Å². The van der Waals surface area contributed by atoms with Crippen molar-refractivity contribution >= 4 is 17.5 Å². The number of hydrogen-bond donors (Lipinski definition) is 2. The van der Waals surface area contributed by atoms with Gasteiger partial charge >= 0.3 is 6.09 Å². The number of ether oxygens (including phenoxy) is 1. The van der Waals surface area contributed by atoms with Crippen molar-refractivity contribution in [2.75, 3.05) is 18.5 Å². The second-order valence-electron chi connectivity index (χ2n) is 8.34. The first-order valence-corrected chi connectivity index (χ1v) is 11.8. The predicted molar refractivity (Wildman–Crippen MR) is 141 cm³/mol. The molecule has 0 heterocycles. The van der Waals surface area contributed by atoms with Gasteiger partial charge in [0.15, 0.2) is 0 Å². The molecule has 0 bridgehead atoms. The van der Waals surface area contributed by atoms with Gasteiger partial charge in [0.25, 0.3) is 0 Å². The standard InChI is InChI=1S/C31H26N2O2/c34-31(35-22-29-27-18-7-5-16-25(27)26-17-6-8-19-28(26)29)32-21-11-10-13-23-12-4-9-20-30(23)33-24-14-2-1-3-15-24/h1-9,12,14-20,29,33H,11,21-22H2,(H,32,34). The fourth-order valence-electron chi connectivity index (χ4n) is 4.41. The summed E-state index contributed by atoms with van der Waals surface area (Å²) in [4.78, 5) is 12.3. The van der Waals surface area contributed by atoms with E-state index in [1.54, 1.807) is 0 Å². The Morgan fingerprint density at radius 2 is 1.40 bits per heavy atom. The summed E-state index contributed by atoms with van der Waals surface area (Å²) in [7, 11) is 0. The SMILES string of the molecule is O=C(NCCC#Cc1ccccc1Nc1ccccc1)OCC1c2ccccc2-c2ccccc21. The maximum atomic E-state index is 12.3. The van der Waals surface area contributed by atoms with E-state index in [9.17, 15) is 4.79 Å². The topological polar surface area (TPSA) is 50.4 Å². The van der Waals surface area contributed by atoms with Crippen LogP contribution in [0.25, 0.3) is 11.1 Å². The van der Waals surface area contributed by atoms with Gasteiger partial charge in [0.2, 0.25) is 0 Å². The molecule has 35 heavy (non-hydrogen) atoms. The average molecular weight is 459 g/mol. The van der Waals surface area contributed by atoms with E-state index in [0.29, 0.717) is 19.6 Å². The van der Waals surface area contributed by atoms with Crippen molar-refractivity contribution in [2.24, 2.45) is 0 Å². The number of amides is 1. The normalized spacial score (nSPS) is 11.5. The first-order valence-electron chi connectivity index (χ1n) is 11.8. The third-order valence-corrected chi connectivity index (χ3v) is 6.07. The van der Waals surface area contributed by atoms with Crippen molar-refractivity contribution in [3.63, 3.8) is 0 Å². The van der Waals surface area contributed by atoms with Crippen molar-refractivity contribution in [1.82, 2.24) is 5.32 Å². The molecule has 0 saturated carbocycles. The summed E-state index contributed by atoms with van der Waals surface area (Å²) in [5.41, 5.74) is 7.72. The summed E-state index contributed by atoms with van der Waals surface area (Å²) < 4.78 is 5.58. The monoisotopic (exact) mass is 458 g/mol. The number of fused-ring (bicyclic) bond motifs is 3. The highest BCUT2D eigenvalue weighted by molar-refractivity contribution is 5.79. The zero-order valence-corrected chi connectivity index (χ0v) is 19.3. The molecular weight excluding hydrogens is 432 g/mol. The van der Waals surface area contributed by atoms with Gasteiger partial charge in [-0.25, -0.2) is 4.79 Å². The molecule has 0 fully saturated rings. The molecule has 0 unspecified atom stereocenters. The second-order valence-corrected chi connectivity index (χ2v) is 8.34. The number of nitrogens with one attached hydrogen (secondary N) is 2. The first kappa shape index (κ1) is 22.3. The molecule has 4 aromatic carbocycles. The Kier molecular flexibility index (Phi) is 6.77. The van der Waals surface area contributed by atoms with E-state index in [-0.39, 0.29) is 5.92 Å². The Labute approximate surface area is 206 Å². The minimum absolute atomic E-state index is 0.0570. The predicted octanol–water partition coefficient (Wildman–Crippen LogP) is 6.71. The molecule has 1 aliphatic rings. The molecule has 4 aromatic rings. The summed E-state index contributed by atoms with van der Waals surface area (Å²) in [6.07, 6.45) is 0.115. The molecule has 1 aliphatic carbocycles. The molecule has 0 aromatic heterocycles. The Hall–Kier alpha value is -4.49. The first-order chi connectivity index (χ1) is 17.3. The molecule has 172 valence electrons. The van der Waals surface area contributed by atoms with Crippen LogP contribution in [0.1, 0.15) is 29.0 Å². The molecule has 0 radical (unpaired) electrons. The molecule has 5 rings (SSSR count). The number of carbonyl (C=O) groups is 1. The van der Waals surface area contributed by atoms with E-state index in [1.807, 2.05) is 78.9 Å². The minimum atomic E-state index is -0.417. The van der Waals surface area contributed by atoms with E-state index in [1.165, 1.54) is 22.3 Å². The fraction of sp³-hybridized carbons (Fsp3) is 0.129. The molecule has 4 heteroatoms. The number of benzene rings is 4. The van der Waals surface area contributed by atoms with Gasteiger partial charge in [0.05, 0.1) is 5.69 Å². The largest absolute Gasteiger partial charge is 0.449 e. The van der Waals surface area contributed by atoms with Crippen LogP contribution in [-0.2, 0) is 4.74 Å². The summed E-state index contributed by atoms with van der Waals surface area (Å²) in [5, 5.41) is 6.21. The van der Waals surface area contributed by atoms with Gasteiger partial charge in [0.1, 0.15) is 6.61 Å². The molecule has 0 saturated heterocycles. The number of hydrogen-bond acceptors (Lipinski definition) is 3.